The van der Waals surface area contributed by atoms with E-state index in [0.717, 1.165) is 11.4 Å². The van der Waals surface area contributed by atoms with Crippen LogP contribution in [0.3, 0.4) is 0 Å². The number of hydrogen-bond acceptors (Lipinski definition) is 4. The van der Waals surface area contributed by atoms with Gasteiger partial charge in [0.1, 0.15) is 11.6 Å². The van der Waals surface area contributed by atoms with Gasteiger partial charge in [-0.05, 0) is 43.3 Å². The Morgan fingerprint density at radius 1 is 1.29 bits per heavy atom. The number of anilines is 2. The Morgan fingerprint density at radius 2 is 2.08 bits per heavy atom. The van der Waals surface area contributed by atoms with Crippen LogP contribution in [0.25, 0.3) is 0 Å². The van der Waals surface area contributed by atoms with Gasteiger partial charge in [0.05, 0.1) is 12.5 Å². The first-order chi connectivity index (χ1) is 11.7. The van der Waals surface area contributed by atoms with Gasteiger partial charge < -0.3 is 15.0 Å². The van der Waals surface area contributed by atoms with E-state index in [1.807, 2.05) is 31.2 Å². The Labute approximate surface area is 140 Å². The van der Waals surface area contributed by atoms with E-state index < -0.39 is 0 Å². The molecule has 24 heavy (non-hydrogen) atoms. The highest BCUT2D eigenvalue weighted by atomic mass is 16.5. The van der Waals surface area contributed by atoms with E-state index >= 15 is 0 Å². The van der Waals surface area contributed by atoms with Crippen LogP contribution in [0.15, 0.2) is 48.7 Å². The lowest BCUT2D eigenvalue weighted by Gasteiger charge is -2.17. The molecule has 1 fully saturated rings. The third-order valence-electron chi connectivity index (χ3n) is 3.87. The monoisotopic (exact) mass is 325 g/mol. The molecule has 1 N–H and O–H groups in total. The van der Waals surface area contributed by atoms with Crippen molar-refractivity contribution in [1.82, 2.24) is 4.98 Å². The quantitative estimate of drug-likeness (QED) is 0.917. The van der Waals surface area contributed by atoms with Crippen molar-refractivity contribution in [3.05, 3.63) is 48.7 Å². The first-order valence-corrected chi connectivity index (χ1v) is 7.92. The maximum Gasteiger partial charge on any atom is 0.230 e. The van der Waals surface area contributed by atoms with Gasteiger partial charge in [-0.15, -0.1) is 0 Å². The van der Waals surface area contributed by atoms with E-state index in [2.05, 4.69) is 10.3 Å². The summed E-state index contributed by atoms with van der Waals surface area (Å²) >= 11 is 0. The Hall–Kier alpha value is -2.89. The van der Waals surface area contributed by atoms with Gasteiger partial charge in [0.2, 0.25) is 11.8 Å². The number of nitrogens with zero attached hydrogens (tertiary/aromatic N) is 2. The molecule has 124 valence electrons. The van der Waals surface area contributed by atoms with Crippen molar-refractivity contribution in [2.24, 2.45) is 5.92 Å². The molecular weight excluding hydrogens is 306 g/mol. The van der Waals surface area contributed by atoms with Crippen molar-refractivity contribution in [3.8, 4) is 5.75 Å². The van der Waals surface area contributed by atoms with Gasteiger partial charge in [0, 0.05) is 24.8 Å². The Morgan fingerprint density at radius 3 is 2.75 bits per heavy atom. The molecule has 0 radical (unpaired) electrons. The lowest BCUT2D eigenvalue weighted by molar-refractivity contribution is -0.122. The van der Waals surface area contributed by atoms with Gasteiger partial charge in [-0.1, -0.05) is 6.07 Å². The molecule has 1 aliphatic heterocycles. The fraction of sp³-hybridized carbons (Fsp3) is 0.278. The summed E-state index contributed by atoms with van der Waals surface area (Å²) in [6.45, 7) is 2.88. The molecule has 1 saturated heterocycles. The van der Waals surface area contributed by atoms with E-state index in [4.69, 9.17) is 4.74 Å². The summed E-state index contributed by atoms with van der Waals surface area (Å²) in [6, 6.07) is 12.6. The number of ether oxygens (including phenoxy) is 1. The van der Waals surface area contributed by atoms with Gasteiger partial charge in [0.25, 0.3) is 0 Å². The highest BCUT2D eigenvalue weighted by molar-refractivity contribution is 6.03. The van der Waals surface area contributed by atoms with Gasteiger partial charge in [-0.3, -0.25) is 9.59 Å². The molecule has 0 spiro atoms. The molecule has 2 amide bonds. The smallest absolute Gasteiger partial charge is 0.230 e. The topological polar surface area (TPSA) is 71.5 Å². The van der Waals surface area contributed by atoms with Gasteiger partial charge in [0.15, 0.2) is 0 Å². The Bertz CT molecular complexity index is 716. The zero-order valence-corrected chi connectivity index (χ0v) is 13.4. The van der Waals surface area contributed by atoms with Crippen LogP contribution < -0.4 is 15.0 Å². The SMILES string of the molecule is CCOc1ccc(N2C[C@@H](C(=O)Nc3ccccn3)CC2=O)cc1. The largest absolute Gasteiger partial charge is 0.494 e. The fourth-order valence-corrected chi connectivity index (χ4v) is 2.69. The molecule has 1 aromatic heterocycles. The first kappa shape index (κ1) is 16.0. The zero-order valence-electron chi connectivity index (χ0n) is 13.4. The maximum atomic E-state index is 12.3. The van der Waals surface area contributed by atoms with Crippen molar-refractivity contribution in [2.45, 2.75) is 13.3 Å². The first-order valence-electron chi connectivity index (χ1n) is 7.92. The number of rotatable bonds is 5. The zero-order chi connectivity index (χ0) is 16.9. The lowest BCUT2D eigenvalue weighted by atomic mass is 10.1. The number of benzene rings is 1. The van der Waals surface area contributed by atoms with Gasteiger partial charge >= 0.3 is 0 Å². The van der Waals surface area contributed by atoms with E-state index in [9.17, 15) is 9.59 Å². The number of nitrogens with one attached hydrogen (secondary N) is 1. The summed E-state index contributed by atoms with van der Waals surface area (Å²) < 4.78 is 5.40. The van der Waals surface area contributed by atoms with Crippen LogP contribution in [0.1, 0.15) is 13.3 Å². The molecule has 1 aromatic carbocycles. The van der Waals surface area contributed by atoms with E-state index in [1.54, 1.807) is 29.3 Å². The molecule has 1 aliphatic rings. The molecule has 6 heteroatoms. The minimum Gasteiger partial charge on any atom is -0.494 e. The highest BCUT2D eigenvalue weighted by Gasteiger charge is 2.35. The van der Waals surface area contributed by atoms with Crippen molar-refractivity contribution >= 4 is 23.3 Å². The second-order valence-corrected chi connectivity index (χ2v) is 5.54. The van der Waals surface area contributed by atoms with Crippen LogP contribution in [-0.2, 0) is 9.59 Å². The summed E-state index contributed by atoms with van der Waals surface area (Å²) in [5.74, 6) is 0.633. The van der Waals surface area contributed by atoms with E-state index in [1.165, 1.54) is 0 Å². The Balaban J connectivity index is 1.65. The molecule has 3 rings (SSSR count). The number of amides is 2. The van der Waals surface area contributed by atoms with Crippen LogP contribution >= 0.6 is 0 Å². The molecule has 0 saturated carbocycles. The van der Waals surface area contributed by atoms with Crippen LogP contribution in [0.5, 0.6) is 5.75 Å². The molecule has 2 aromatic rings. The number of carbonyl (C=O) groups is 2. The van der Waals surface area contributed by atoms with Crippen LogP contribution in [0.4, 0.5) is 11.5 Å². The molecular formula is C18H19N3O3. The highest BCUT2D eigenvalue weighted by Crippen LogP contribution is 2.27. The predicted octanol–water partition coefficient (Wildman–Crippen LogP) is 2.47. The predicted molar refractivity (Wildman–Crippen MR) is 90.9 cm³/mol. The van der Waals surface area contributed by atoms with Crippen molar-refractivity contribution < 1.29 is 14.3 Å². The summed E-state index contributed by atoms with van der Waals surface area (Å²) in [5.41, 5.74) is 0.775. The minimum absolute atomic E-state index is 0.0552. The van der Waals surface area contributed by atoms with E-state index in [0.29, 0.717) is 19.0 Å². The molecule has 2 heterocycles. The second-order valence-electron chi connectivity index (χ2n) is 5.54. The van der Waals surface area contributed by atoms with Crippen LogP contribution in [0, 0.1) is 5.92 Å². The van der Waals surface area contributed by atoms with Gasteiger partial charge in [-0.2, -0.15) is 0 Å². The van der Waals surface area contributed by atoms with Crippen molar-refractivity contribution in [1.29, 1.82) is 0 Å². The maximum absolute atomic E-state index is 12.3. The number of carbonyl (C=O) groups excluding carboxylic acids is 2. The molecule has 0 bridgehead atoms. The average Bonchev–Trinajstić information content (AvgIpc) is 2.99. The Kier molecular flexibility index (Phi) is 4.74. The average molecular weight is 325 g/mol. The summed E-state index contributed by atoms with van der Waals surface area (Å²) in [6.07, 6.45) is 1.81. The van der Waals surface area contributed by atoms with Crippen LogP contribution in [-0.4, -0.2) is 29.9 Å². The third kappa shape index (κ3) is 3.53. The third-order valence-corrected chi connectivity index (χ3v) is 3.87. The normalized spacial score (nSPS) is 17.0. The fourth-order valence-electron chi connectivity index (χ4n) is 2.69. The summed E-state index contributed by atoms with van der Waals surface area (Å²) in [4.78, 5) is 30.3. The number of aromatic nitrogens is 1. The van der Waals surface area contributed by atoms with Crippen LogP contribution in [0.2, 0.25) is 0 Å². The molecule has 1 atom stereocenters. The van der Waals surface area contributed by atoms with Crippen molar-refractivity contribution in [3.63, 3.8) is 0 Å². The number of pyridine rings is 1. The van der Waals surface area contributed by atoms with Gasteiger partial charge in [-0.25, -0.2) is 4.98 Å². The minimum atomic E-state index is -0.383. The summed E-state index contributed by atoms with van der Waals surface area (Å²) in [7, 11) is 0. The standard InChI is InChI=1S/C18H19N3O3/c1-2-24-15-8-6-14(7-9-15)21-12-13(11-17(21)22)18(23)20-16-5-3-4-10-19-16/h3-10,13H,2,11-12H2,1H3,(H,19,20,23)/t13-/m0/s1. The van der Waals surface area contributed by atoms with Crippen molar-refractivity contribution in [2.75, 3.05) is 23.4 Å². The number of hydrogen-bond donors (Lipinski definition) is 1. The molecule has 0 unspecified atom stereocenters. The summed E-state index contributed by atoms with van der Waals surface area (Å²) in [5, 5.41) is 2.75. The lowest BCUT2D eigenvalue weighted by Crippen LogP contribution is -2.28. The molecule has 6 nitrogen and oxygen atoms in total. The molecule has 0 aliphatic carbocycles. The second kappa shape index (κ2) is 7.12. The van der Waals surface area contributed by atoms with E-state index in [-0.39, 0.29) is 24.2 Å².